The van der Waals surface area contributed by atoms with Gasteiger partial charge in [-0.05, 0) is 38.3 Å². The van der Waals surface area contributed by atoms with E-state index in [1.165, 1.54) is 25.1 Å². The van der Waals surface area contributed by atoms with E-state index >= 15 is 0 Å². The van der Waals surface area contributed by atoms with Crippen molar-refractivity contribution in [3.05, 3.63) is 41.8 Å². The van der Waals surface area contributed by atoms with Gasteiger partial charge in [0.15, 0.2) is 9.84 Å². The van der Waals surface area contributed by atoms with Gasteiger partial charge in [-0.3, -0.25) is 9.59 Å². The Labute approximate surface area is 162 Å². The number of benzene rings is 1. The molecular weight excluding hydrogens is 364 g/mol. The molecule has 0 bridgehead atoms. The average Bonchev–Trinajstić information content (AvgIpc) is 2.63. The van der Waals surface area contributed by atoms with Crippen molar-refractivity contribution in [3.8, 4) is 0 Å². The molecule has 5 nitrogen and oxygen atoms in total. The van der Waals surface area contributed by atoms with Gasteiger partial charge < -0.3 is 4.74 Å². The van der Waals surface area contributed by atoms with Crippen LogP contribution in [-0.4, -0.2) is 26.8 Å². The Morgan fingerprint density at radius 1 is 1.07 bits per heavy atom. The smallest absolute Gasteiger partial charge is 0.317 e. The fourth-order valence-electron chi connectivity index (χ4n) is 2.95. The van der Waals surface area contributed by atoms with Crippen LogP contribution in [0.3, 0.4) is 0 Å². The number of unbranched alkanes of at least 4 members (excludes halogenated alkanes) is 3. The first kappa shape index (κ1) is 23.1. The summed E-state index contributed by atoms with van der Waals surface area (Å²) < 4.78 is 30.1. The highest BCUT2D eigenvalue weighted by Crippen LogP contribution is 2.25. The molecule has 0 aromatic heterocycles. The number of ether oxygens (including phenoxy) is 1. The van der Waals surface area contributed by atoms with Gasteiger partial charge in [0.25, 0.3) is 0 Å². The maximum atomic E-state index is 12.5. The van der Waals surface area contributed by atoms with E-state index < -0.39 is 27.6 Å². The number of allylic oxidation sites excluding steroid dienone is 1. The lowest BCUT2D eigenvalue weighted by Gasteiger charge is -2.21. The number of carbonyl (C=O) groups excluding carboxylic acids is 2. The van der Waals surface area contributed by atoms with Crippen molar-refractivity contribution in [1.29, 1.82) is 0 Å². The molecule has 1 rings (SSSR count). The Morgan fingerprint density at radius 3 is 2.30 bits per heavy atom. The van der Waals surface area contributed by atoms with Crippen LogP contribution in [-0.2, 0) is 24.2 Å². The van der Waals surface area contributed by atoms with E-state index in [0.717, 1.165) is 31.1 Å². The Bertz CT molecular complexity index is 722. The molecule has 1 aromatic carbocycles. The summed E-state index contributed by atoms with van der Waals surface area (Å²) in [5.74, 6) is -2.38. The van der Waals surface area contributed by atoms with Gasteiger partial charge in [0.05, 0.1) is 11.5 Å². The van der Waals surface area contributed by atoms with Crippen molar-refractivity contribution in [2.75, 3.05) is 6.61 Å². The largest absolute Gasteiger partial charge is 0.465 e. The highest BCUT2D eigenvalue weighted by atomic mass is 32.2. The SMILES string of the molecule is CCCCCCC(/C=C/S(=O)(=O)c1ccccc1)C(C(C)=O)C(=O)OCC. The average molecular weight is 395 g/mol. The van der Waals surface area contributed by atoms with Crippen LogP contribution in [0.1, 0.15) is 52.9 Å². The van der Waals surface area contributed by atoms with E-state index in [1.54, 1.807) is 25.1 Å². The van der Waals surface area contributed by atoms with Crippen molar-refractivity contribution in [2.24, 2.45) is 11.8 Å². The van der Waals surface area contributed by atoms with E-state index in [9.17, 15) is 18.0 Å². The van der Waals surface area contributed by atoms with Crippen LogP contribution in [0.15, 0.2) is 46.7 Å². The standard InChI is InChI=1S/C21H30O5S/c1-4-6-7-9-12-18(20(17(3)22)21(23)26-5-2)15-16-27(24,25)19-13-10-8-11-14-19/h8,10-11,13-16,18,20H,4-7,9,12H2,1-3H3/b16-15+. The maximum Gasteiger partial charge on any atom is 0.317 e. The molecule has 1 aromatic rings. The Balaban J connectivity index is 3.08. The first-order valence-electron chi connectivity index (χ1n) is 9.48. The van der Waals surface area contributed by atoms with Crippen molar-refractivity contribution in [1.82, 2.24) is 0 Å². The number of Topliss-reactive ketones (excluding diaryl/α,β-unsaturated/α-hetero) is 1. The molecule has 0 amide bonds. The van der Waals surface area contributed by atoms with E-state index in [1.807, 2.05) is 0 Å². The summed E-state index contributed by atoms with van der Waals surface area (Å²) in [5, 5.41) is 1.11. The van der Waals surface area contributed by atoms with Gasteiger partial charge in [-0.2, -0.15) is 0 Å². The quantitative estimate of drug-likeness (QED) is 0.300. The first-order chi connectivity index (χ1) is 12.8. The predicted octanol–water partition coefficient (Wildman–Crippen LogP) is 4.33. The summed E-state index contributed by atoms with van der Waals surface area (Å²) >= 11 is 0. The highest BCUT2D eigenvalue weighted by molar-refractivity contribution is 7.94. The van der Waals surface area contributed by atoms with Gasteiger partial charge in [0.2, 0.25) is 0 Å². The number of hydrogen-bond donors (Lipinski definition) is 0. The number of carbonyl (C=O) groups is 2. The second-order valence-electron chi connectivity index (χ2n) is 6.54. The molecule has 0 saturated carbocycles. The minimum absolute atomic E-state index is 0.178. The zero-order chi connectivity index (χ0) is 20.3. The third kappa shape index (κ3) is 7.67. The molecule has 2 atom stereocenters. The van der Waals surface area contributed by atoms with E-state index in [2.05, 4.69) is 6.92 Å². The van der Waals surface area contributed by atoms with Crippen LogP contribution in [0.2, 0.25) is 0 Å². The van der Waals surface area contributed by atoms with Crippen LogP contribution in [0.4, 0.5) is 0 Å². The number of hydrogen-bond acceptors (Lipinski definition) is 5. The third-order valence-electron chi connectivity index (χ3n) is 4.37. The molecule has 0 fully saturated rings. The van der Waals surface area contributed by atoms with E-state index in [-0.39, 0.29) is 17.3 Å². The molecule has 0 saturated heterocycles. The van der Waals surface area contributed by atoms with E-state index in [0.29, 0.717) is 6.42 Å². The summed E-state index contributed by atoms with van der Waals surface area (Å²) in [6, 6.07) is 8.08. The van der Waals surface area contributed by atoms with Crippen molar-refractivity contribution < 1.29 is 22.7 Å². The molecule has 0 aliphatic heterocycles. The van der Waals surface area contributed by atoms with Crippen molar-refractivity contribution >= 4 is 21.6 Å². The Hall–Kier alpha value is -1.95. The molecule has 27 heavy (non-hydrogen) atoms. The van der Waals surface area contributed by atoms with Gasteiger partial charge >= 0.3 is 5.97 Å². The number of sulfone groups is 1. The third-order valence-corrected chi connectivity index (χ3v) is 5.82. The Morgan fingerprint density at radius 2 is 1.74 bits per heavy atom. The molecular formula is C21H30O5S. The lowest BCUT2D eigenvalue weighted by atomic mass is 9.85. The molecule has 0 heterocycles. The van der Waals surface area contributed by atoms with Gasteiger partial charge in [0.1, 0.15) is 11.7 Å². The molecule has 2 unspecified atom stereocenters. The minimum Gasteiger partial charge on any atom is -0.465 e. The fraction of sp³-hybridized carbons (Fsp3) is 0.524. The zero-order valence-electron chi connectivity index (χ0n) is 16.4. The van der Waals surface area contributed by atoms with Crippen LogP contribution in [0, 0.1) is 11.8 Å². The first-order valence-corrected chi connectivity index (χ1v) is 11.0. The molecule has 0 aliphatic carbocycles. The van der Waals surface area contributed by atoms with Gasteiger partial charge in [-0.1, -0.05) is 56.9 Å². The predicted molar refractivity (Wildman–Crippen MR) is 106 cm³/mol. The van der Waals surface area contributed by atoms with Gasteiger partial charge in [-0.15, -0.1) is 0 Å². The van der Waals surface area contributed by atoms with Crippen LogP contribution in [0.5, 0.6) is 0 Å². The topological polar surface area (TPSA) is 77.5 Å². The summed E-state index contributed by atoms with van der Waals surface area (Å²) in [7, 11) is -3.63. The summed E-state index contributed by atoms with van der Waals surface area (Å²) in [6.07, 6.45) is 5.96. The molecule has 0 aliphatic rings. The summed E-state index contributed by atoms with van der Waals surface area (Å²) in [6.45, 7) is 5.30. The van der Waals surface area contributed by atoms with Crippen molar-refractivity contribution in [3.63, 3.8) is 0 Å². The molecule has 0 spiro atoms. The summed E-state index contributed by atoms with van der Waals surface area (Å²) in [5.41, 5.74) is 0. The fourth-order valence-corrected chi connectivity index (χ4v) is 4.05. The summed E-state index contributed by atoms with van der Waals surface area (Å²) in [4.78, 5) is 24.6. The van der Waals surface area contributed by atoms with E-state index in [4.69, 9.17) is 4.74 Å². The lowest BCUT2D eigenvalue weighted by molar-refractivity contribution is -0.152. The normalized spacial score (nSPS) is 14.0. The minimum atomic E-state index is -3.63. The van der Waals surface area contributed by atoms with Crippen LogP contribution < -0.4 is 0 Å². The molecule has 150 valence electrons. The van der Waals surface area contributed by atoms with Crippen LogP contribution in [0.25, 0.3) is 0 Å². The molecule has 6 heteroatoms. The second-order valence-corrected chi connectivity index (χ2v) is 8.37. The highest BCUT2D eigenvalue weighted by Gasteiger charge is 2.32. The van der Waals surface area contributed by atoms with Gasteiger partial charge in [0, 0.05) is 5.41 Å². The number of esters is 1. The van der Waals surface area contributed by atoms with Crippen LogP contribution >= 0.6 is 0 Å². The van der Waals surface area contributed by atoms with Crippen molar-refractivity contribution in [2.45, 2.75) is 57.8 Å². The second kappa shape index (κ2) is 11.7. The lowest BCUT2D eigenvalue weighted by Crippen LogP contribution is -2.31. The number of ketones is 1. The maximum absolute atomic E-state index is 12.5. The Kier molecular flexibility index (Phi) is 10.0. The molecule has 0 N–H and O–H groups in total. The van der Waals surface area contributed by atoms with Gasteiger partial charge in [-0.25, -0.2) is 8.42 Å². The number of rotatable bonds is 12. The monoisotopic (exact) mass is 394 g/mol. The molecule has 0 radical (unpaired) electrons. The zero-order valence-corrected chi connectivity index (χ0v) is 17.2.